The first-order valence-corrected chi connectivity index (χ1v) is 12.4. The first-order chi connectivity index (χ1) is 20.1. The molecule has 1 N–H and O–H groups in total. The lowest BCUT2D eigenvalue weighted by atomic mass is 10.0. The van der Waals surface area contributed by atoms with E-state index in [1.165, 1.54) is 35.3 Å². The number of H-pyrrole nitrogens is 1. The van der Waals surface area contributed by atoms with Crippen LogP contribution in [0.5, 0.6) is 0 Å². The van der Waals surface area contributed by atoms with Crippen molar-refractivity contribution in [3.8, 4) is 28.2 Å². The van der Waals surface area contributed by atoms with E-state index in [2.05, 4.69) is 35.7 Å². The summed E-state index contributed by atoms with van der Waals surface area (Å²) in [5.41, 5.74) is -0.672. The maximum Gasteiger partial charge on any atom is 0.464 e. The molecule has 0 aliphatic carbocycles. The van der Waals surface area contributed by atoms with Gasteiger partial charge in [-0.25, -0.2) is 14.1 Å². The number of halogens is 5. The Morgan fingerprint density at radius 3 is 2.64 bits per heavy atom. The molecule has 0 aliphatic heterocycles. The van der Waals surface area contributed by atoms with Crippen molar-refractivity contribution >= 4 is 11.6 Å². The van der Waals surface area contributed by atoms with E-state index in [0.29, 0.717) is 22.3 Å². The van der Waals surface area contributed by atoms with Crippen LogP contribution in [0.25, 0.3) is 28.2 Å². The van der Waals surface area contributed by atoms with Gasteiger partial charge in [0.25, 0.3) is 0 Å². The summed E-state index contributed by atoms with van der Waals surface area (Å²) in [7, 11) is 1.72. The molecule has 0 saturated carbocycles. The van der Waals surface area contributed by atoms with Gasteiger partial charge >= 0.3 is 11.9 Å². The molecular formula is C24H17ClF4N11O2+. The highest BCUT2D eigenvalue weighted by atomic mass is 35.5. The fourth-order valence-corrected chi connectivity index (χ4v) is 4.58. The molecule has 5 heterocycles. The topological polar surface area (TPSA) is 147 Å². The molecule has 5 aromatic heterocycles. The molecule has 1 aromatic carbocycles. The molecule has 1 atom stereocenters. The number of aryl methyl sites for hydroxylation is 1. The second-order valence-corrected chi connectivity index (χ2v) is 9.39. The van der Waals surface area contributed by atoms with E-state index in [9.17, 15) is 18.4 Å². The van der Waals surface area contributed by atoms with Gasteiger partial charge in [0.1, 0.15) is 12.4 Å². The van der Waals surface area contributed by atoms with Gasteiger partial charge in [-0.3, -0.25) is 4.68 Å². The molecule has 0 amide bonds. The maximum absolute atomic E-state index is 15.4. The molecule has 1 unspecified atom stereocenters. The Morgan fingerprint density at radius 1 is 1.14 bits per heavy atom. The van der Waals surface area contributed by atoms with E-state index in [1.54, 1.807) is 24.1 Å². The molecule has 214 valence electrons. The van der Waals surface area contributed by atoms with E-state index < -0.39 is 23.7 Å². The normalized spacial score (nSPS) is 12.6. The van der Waals surface area contributed by atoms with Crippen molar-refractivity contribution in [2.45, 2.75) is 18.6 Å². The predicted octanol–water partition coefficient (Wildman–Crippen LogP) is 3.01. The van der Waals surface area contributed by atoms with Crippen molar-refractivity contribution in [1.29, 1.82) is 0 Å². The number of nitrogens with zero attached hydrogens (tertiary/aromatic N) is 10. The molecule has 42 heavy (non-hydrogen) atoms. The third-order valence-electron chi connectivity index (χ3n) is 6.39. The van der Waals surface area contributed by atoms with Gasteiger partial charge in [0.2, 0.25) is 18.0 Å². The van der Waals surface area contributed by atoms with Crippen molar-refractivity contribution in [2.75, 3.05) is 0 Å². The highest BCUT2D eigenvalue weighted by molar-refractivity contribution is 6.31. The second-order valence-electron chi connectivity index (χ2n) is 8.99. The summed E-state index contributed by atoms with van der Waals surface area (Å²) in [6, 6.07) is 4.61. The quantitative estimate of drug-likeness (QED) is 0.167. The van der Waals surface area contributed by atoms with Crippen LogP contribution in [0.2, 0.25) is 5.02 Å². The summed E-state index contributed by atoms with van der Waals surface area (Å²) in [6.45, 7) is 0. The van der Waals surface area contributed by atoms with Crippen LogP contribution in [-0.2, 0) is 19.6 Å². The van der Waals surface area contributed by atoms with E-state index in [1.807, 2.05) is 0 Å². The number of rotatable bonds is 7. The minimum absolute atomic E-state index is 0.0381. The summed E-state index contributed by atoms with van der Waals surface area (Å²) in [5.74, 6) is -0.184. The number of hydrogen-bond acceptors (Lipinski definition) is 8. The zero-order valence-corrected chi connectivity index (χ0v) is 22.0. The first kappa shape index (κ1) is 27.0. The number of aromatic nitrogens is 11. The summed E-state index contributed by atoms with van der Waals surface area (Å²) in [5, 5.41) is 34.7. The number of nitrogens with one attached hydrogen (secondary N) is 1. The molecule has 0 fully saturated rings. The lowest BCUT2D eigenvalue weighted by molar-refractivity contribution is -0.659. The number of hydrogen-bond donors (Lipinski definition) is 1. The van der Waals surface area contributed by atoms with E-state index in [0.717, 1.165) is 17.3 Å². The van der Waals surface area contributed by atoms with Crippen LogP contribution in [0.3, 0.4) is 0 Å². The van der Waals surface area contributed by atoms with Crippen LogP contribution < -0.4 is 9.41 Å². The molecular weight excluding hydrogens is 586 g/mol. The average molecular weight is 603 g/mol. The van der Waals surface area contributed by atoms with Crippen LogP contribution in [0, 0.1) is 11.0 Å². The van der Waals surface area contributed by atoms with Gasteiger partial charge in [-0.1, -0.05) is 16.8 Å². The summed E-state index contributed by atoms with van der Waals surface area (Å²) in [4.78, 5) is 4.21. The number of alkyl halides is 3. The van der Waals surface area contributed by atoms with Gasteiger partial charge in [0, 0.05) is 19.3 Å². The Labute approximate surface area is 237 Å². The van der Waals surface area contributed by atoms with Gasteiger partial charge < -0.3 is 9.62 Å². The van der Waals surface area contributed by atoms with Crippen molar-refractivity contribution in [3.63, 3.8) is 0 Å². The van der Waals surface area contributed by atoms with Crippen LogP contribution in [-0.4, -0.2) is 45.1 Å². The number of aromatic amines is 1. The van der Waals surface area contributed by atoms with Gasteiger partial charge in [-0.05, 0) is 18.2 Å². The zero-order valence-electron chi connectivity index (χ0n) is 21.2. The van der Waals surface area contributed by atoms with Gasteiger partial charge in [-0.2, -0.15) is 28.1 Å². The average Bonchev–Trinajstić information content (AvgIpc) is 3.76. The second kappa shape index (κ2) is 10.3. The smallest absolute Gasteiger partial charge is 0.464 e. The maximum atomic E-state index is 15.4. The Morgan fingerprint density at radius 2 is 1.98 bits per heavy atom. The third kappa shape index (κ3) is 4.93. The Hall–Kier alpha value is -5.19. The first-order valence-electron chi connectivity index (χ1n) is 12.0. The summed E-state index contributed by atoms with van der Waals surface area (Å²) < 4.78 is 64.7. The van der Waals surface area contributed by atoms with Crippen molar-refractivity contribution < 1.29 is 31.4 Å². The fourth-order valence-electron chi connectivity index (χ4n) is 4.43. The molecule has 0 aliphatic rings. The lowest BCUT2D eigenvalue weighted by Crippen LogP contribution is -2.37. The molecule has 0 spiro atoms. The van der Waals surface area contributed by atoms with Gasteiger partial charge in [0.15, 0.2) is 29.7 Å². The van der Waals surface area contributed by atoms with Crippen LogP contribution in [0.1, 0.15) is 23.3 Å². The highest BCUT2D eigenvalue weighted by Crippen LogP contribution is 2.33. The highest BCUT2D eigenvalue weighted by Gasteiger charge is 2.41. The van der Waals surface area contributed by atoms with Gasteiger partial charge in [0.05, 0.1) is 39.4 Å². The minimum atomic E-state index is -4.74. The van der Waals surface area contributed by atoms with Crippen LogP contribution >= 0.6 is 11.6 Å². The number of benzene rings is 1. The van der Waals surface area contributed by atoms with E-state index >= 15 is 4.39 Å². The molecule has 0 radical (unpaired) electrons. The molecule has 18 heteroatoms. The van der Waals surface area contributed by atoms with Gasteiger partial charge in [-0.15, -0.1) is 14.9 Å². The summed E-state index contributed by atoms with van der Waals surface area (Å²) in [6.07, 6.45) is 2.85. The molecule has 6 aromatic rings. The molecule has 6 rings (SSSR count). The molecule has 13 nitrogen and oxygen atoms in total. The molecule has 0 bridgehead atoms. The SMILES string of the molecule is Cn1ncnc1-c1cnn(C(Cc2nnco2)c2ccc(-c3c(-[n+]4cc(C(F)(F)F)n[nH]4)ccc(Cl)c3F)c[n+]2[O-])c1. The Balaban J connectivity index is 1.43. The Kier molecular flexibility index (Phi) is 6.64. The van der Waals surface area contributed by atoms with E-state index in [4.69, 9.17) is 16.0 Å². The fraction of sp³-hybridized carbons (Fsp3) is 0.167. The van der Waals surface area contributed by atoms with Crippen molar-refractivity contribution in [3.05, 3.63) is 95.1 Å². The lowest BCUT2D eigenvalue weighted by Gasteiger charge is -2.17. The monoisotopic (exact) mass is 602 g/mol. The predicted molar refractivity (Wildman–Crippen MR) is 133 cm³/mol. The van der Waals surface area contributed by atoms with Crippen LogP contribution in [0.15, 0.2) is 66.2 Å². The third-order valence-corrected chi connectivity index (χ3v) is 6.68. The van der Waals surface area contributed by atoms with Crippen LogP contribution in [0.4, 0.5) is 17.6 Å². The Bertz CT molecular complexity index is 1880. The standard InChI is InChI=1S/C24H16ClF4N11O2/c1-37-23(30-11-33-37)14-7-32-38(8-14)18(6-20-35-31-12-42-20)16-4-2-13(9-40(16)41)21-17(5-3-15(25)22(21)26)39-10-19(34-36-39)24(27,28)29/h2-5,7-12,18H,6H2,1H3/p+1. The minimum Gasteiger partial charge on any atom is -0.618 e. The summed E-state index contributed by atoms with van der Waals surface area (Å²) >= 11 is 6.02. The van der Waals surface area contributed by atoms with Crippen molar-refractivity contribution in [2.24, 2.45) is 7.05 Å². The largest absolute Gasteiger partial charge is 0.618 e. The van der Waals surface area contributed by atoms with Crippen molar-refractivity contribution in [1.82, 2.24) is 45.1 Å². The van der Waals surface area contributed by atoms with E-state index in [-0.39, 0.29) is 39.8 Å². The number of pyridine rings is 1. The zero-order chi connectivity index (χ0) is 29.6. The molecule has 0 saturated heterocycles.